The van der Waals surface area contributed by atoms with Crippen LogP contribution >= 0.6 is 0 Å². The first kappa shape index (κ1) is 9.52. The minimum Gasteiger partial charge on any atom is -0.481 e. The summed E-state index contributed by atoms with van der Waals surface area (Å²) >= 11 is 0. The minimum atomic E-state index is -1.04. The van der Waals surface area contributed by atoms with Gasteiger partial charge >= 0.3 is 11.7 Å². The summed E-state index contributed by atoms with van der Waals surface area (Å²) in [6, 6.07) is 0. The number of nitrogens with zero attached hydrogens (tertiary/aromatic N) is 2. The fourth-order valence-corrected chi connectivity index (χ4v) is 0.457. The molecule has 0 aromatic rings. The highest BCUT2D eigenvalue weighted by Gasteiger charge is 2.14. The fourth-order valence-electron chi connectivity index (χ4n) is 0.457. The molecule has 5 nitrogen and oxygen atoms in total. The molecule has 0 aromatic carbocycles. The molecule has 0 bridgehead atoms. The standard InChI is InChI=1S/C6H8N2O3/c1-4(8-7)5(9)2-3-6(10)11/h2-3H2,1H3,(H,10,11). The van der Waals surface area contributed by atoms with E-state index in [0.29, 0.717) is 0 Å². The van der Waals surface area contributed by atoms with Crippen molar-refractivity contribution >= 4 is 17.5 Å². The van der Waals surface area contributed by atoms with E-state index >= 15 is 0 Å². The minimum absolute atomic E-state index is 0.0637. The van der Waals surface area contributed by atoms with Gasteiger partial charge in [-0.3, -0.25) is 9.59 Å². The van der Waals surface area contributed by atoms with Crippen molar-refractivity contribution in [3.05, 3.63) is 5.53 Å². The normalized spacial score (nSPS) is 8.45. The van der Waals surface area contributed by atoms with Gasteiger partial charge in [0.2, 0.25) is 5.78 Å². The van der Waals surface area contributed by atoms with Crippen LogP contribution in [0.5, 0.6) is 0 Å². The molecule has 0 aliphatic rings. The van der Waals surface area contributed by atoms with Gasteiger partial charge in [0.25, 0.3) is 0 Å². The Hall–Kier alpha value is -1.48. The number of ketones is 1. The summed E-state index contributed by atoms with van der Waals surface area (Å²) in [6.45, 7) is 1.32. The van der Waals surface area contributed by atoms with Gasteiger partial charge < -0.3 is 10.6 Å². The van der Waals surface area contributed by atoms with Crippen molar-refractivity contribution in [2.24, 2.45) is 0 Å². The first-order valence-corrected chi connectivity index (χ1v) is 3.01. The van der Waals surface area contributed by atoms with Crippen molar-refractivity contribution < 1.29 is 19.5 Å². The first-order valence-electron chi connectivity index (χ1n) is 3.01. The molecule has 0 spiro atoms. The SMILES string of the molecule is CC(=[N+]=[N-])C(=O)CCC(=O)O. The maximum Gasteiger partial charge on any atom is 0.331 e. The molecule has 0 heterocycles. The zero-order chi connectivity index (χ0) is 8.85. The van der Waals surface area contributed by atoms with E-state index in [4.69, 9.17) is 10.6 Å². The Kier molecular flexibility index (Phi) is 3.77. The van der Waals surface area contributed by atoms with Gasteiger partial charge in [0.15, 0.2) is 0 Å². The lowest BCUT2D eigenvalue weighted by atomic mass is 10.1. The van der Waals surface area contributed by atoms with Gasteiger partial charge in [-0.1, -0.05) is 0 Å². The number of Topliss-reactive ketones (excluding diaryl/α,β-unsaturated/α-hetero) is 1. The summed E-state index contributed by atoms with van der Waals surface area (Å²) in [6.07, 6.45) is -0.350. The molecule has 5 heteroatoms. The summed E-state index contributed by atoms with van der Waals surface area (Å²) in [5.41, 5.74) is 8.03. The van der Waals surface area contributed by atoms with Crippen LogP contribution in [0.2, 0.25) is 0 Å². The molecule has 0 amide bonds. The topological polar surface area (TPSA) is 90.8 Å². The zero-order valence-corrected chi connectivity index (χ0v) is 6.07. The highest BCUT2D eigenvalue weighted by molar-refractivity contribution is 6.36. The van der Waals surface area contributed by atoms with Crippen LogP contribution in [0.1, 0.15) is 19.8 Å². The number of rotatable bonds is 4. The number of carbonyl (C=O) groups is 2. The van der Waals surface area contributed by atoms with Crippen LogP contribution in [-0.2, 0) is 9.59 Å². The summed E-state index contributed by atoms with van der Waals surface area (Å²) in [7, 11) is 0. The second kappa shape index (κ2) is 4.35. The van der Waals surface area contributed by atoms with E-state index in [2.05, 4.69) is 4.79 Å². The Balaban J connectivity index is 3.90. The van der Waals surface area contributed by atoms with E-state index in [1.165, 1.54) is 6.92 Å². The molecular weight excluding hydrogens is 148 g/mol. The Bertz CT molecular complexity index is 228. The number of hydrogen-bond donors (Lipinski definition) is 1. The molecule has 0 radical (unpaired) electrons. The third-order valence-electron chi connectivity index (χ3n) is 1.12. The molecule has 1 N–H and O–H groups in total. The molecule has 0 atom stereocenters. The van der Waals surface area contributed by atoms with Gasteiger partial charge in [-0.25, -0.2) is 0 Å². The van der Waals surface area contributed by atoms with Gasteiger partial charge in [0.05, 0.1) is 6.42 Å². The Morgan fingerprint density at radius 1 is 1.45 bits per heavy atom. The third-order valence-corrected chi connectivity index (χ3v) is 1.12. The van der Waals surface area contributed by atoms with E-state index in [1.54, 1.807) is 0 Å². The fraction of sp³-hybridized carbons (Fsp3) is 0.500. The summed E-state index contributed by atoms with van der Waals surface area (Å²) in [4.78, 5) is 23.3. The van der Waals surface area contributed by atoms with Crippen LogP contribution in [-0.4, -0.2) is 27.4 Å². The molecule has 0 aromatic heterocycles. The molecule has 0 unspecified atom stereocenters. The van der Waals surface area contributed by atoms with E-state index in [1.807, 2.05) is 0 Å². The van der Waals surface area contributed by atoms with Crippen LogP contribution in [0.4, 0.5) is 0 Å². The second-order valence-electron chi connectivity index (χ2n) is 2.00. The van der Waals surface area contributed by atoms with E-state index in [-0.39, 0.29) is 18.6 Å². The lowest BCUT2D eigenvalue weighted by Crippen LogP contribution is -2.12. The molecule has 0 fully saturated rings. The number of carboxylic acids is 1. The molecular formula is C6H8N2O3. The third kappa shape index (κ3) is 4.00. The molecule has 11 heavy (non-hydrogen) atoms. The second-order valence-corrected chi connectivity index (χ2v) is 2.00. The quantitative estimate of drug-likeness (QED) is 0.355. The van der Waals surface area contributed by atoms with Crippen molar-refractivity contribution in [2.45, 2.75) is 19.8 Å². The van der Waals surface area contributed by atoms with Crippen molar-refractivity contribution in [1.82, 2.24) is 0 Å². The maximum atomic E-state index is 10.7. The van der Waals surface area contributed by atoms with Gasteiger partial charge in [0, 0.05) is 13.3 Å². The monoisotopic (exact) mass is 156 g/mol. The average molecular weight is 156 g/mol. The smallest absolute Gasteiger partial charge is 0.331 e. The van der Waals surface area contributed by atoms with Crippen LogP contribution in [0.15, 0.2) is 0 Å². The summed E-state index contributed by atoms with van der Waals surface area (Å²) in [5.74, 6) is -1.49. The first-order chi connectivity index (χ1) is 5.07. The van der Waals surface area contributed by atoms with Crippen molar-refractivity contribution in [1.29, 1.82) is 0 Å². The van der Waals surface area contributed by atoms with E-state index < -0.39 is 11.8 Å². The van der Waals surface area contributed by atoms with Crippen molar-refractivity contribution in [2.75, 3.05) is 0 Å². The van der Waals surface area contributed by atoms with Crippen molar-refractivity contribution in [3.63, 3.8) is 0 Å². The number of carboxylic acid groups (broad SMARTS) is 1. The predicted octanol–water partition coefficient (Wildman–Crippen LogP) is 0.111. The molecule has 0 saturated carbocycles. The van der Waals surface area contributed by atoms with E-state index in [0.717, 1.165) is 0 Å². The molecule has 0 aliphatic heterocycles. The molecule has 60 valence electrons. The largest absolute Gasteiger partial charge is 0.481 e. The van der Waals surface area contributed by atoms with E-state index in [9.17, 15) is 9.59 Å². The molecule has 0 saturated heterocycles. The van der Waals surface area contributed by atoms with Gasteiger partial charge in [-0.15, -0.1) is 0 Å². The molecule has 0 aliphatic carbocycles. The zero-order valence-electron chi connectivity index (χ0n) is 6.07. The van der Waals surface area contributed by atoms with Gasteiger partial charge in [-0.05, 0) is 0 Å². The van der Waals surface area contributed by atoms with Crippen LogP contribution in [0.25, 0.3) is 5.53 Å². The van der Waals surface area contributed by atoms with Crippen LogP contribution in [0, 0.1) is 0 Å². The number of hydrogen-bond acceptors (Lipinski definition) is 2. The summed E-state index contributed by atoms with van der Waals surface area (Å²) < 4.78 is 0. The van der Waals surface area contributed by atoms with Crippen molar-refractivity contribution in [3.8, 4) is 0 Å². The van der Waals surface area contributed by atoms with Crippen LogP contribution in [0.3, 0.4) is 0 Å². The van der Waals surface area contributed by atoms with Crippen LogP contribution < -0.4 is 0 Å². The molecule has 0 rings (SSSR count). The number of aliphatic carboxylic acids is 1. The lowest BCUT2D eigenvalue weighted by Gasteiger charge is -1.87. The average Bonchev–Trinajstić information content (AvgIpc) is 1.98. The lowest BCUT2D eigenvalue weighted by molar-refractivity contribution is -0.138. The summed E-state index contributed by atoms with van der Waals surface area (Å²) in [5, 5.41) is 8.16. The Labute approximate surface area is 63.3 Å². The maximum absolute atomic E-state index is 10.7. The number of carbonyl (C=O) groups excluding carboxylic acids is 1. The predicted molar refractivity (Wildman–Crippen MR) is 36.2 cm³/mol. The van der Waals surface area contributed by atoms with Gasteiger partial charge in [-0.2, -0.15) is 4.79 Å². The Morgan fingerprint density at radius 3 is 2.36 bits per heavy atom. The van der Waals surface area contributed by atoms with Gasteiger partial charge in [0.1, 0.15) is 0 Å². The Morgan fingerprint density at radius 2 is 2.00 bits per heavy atom. The highest BCUT2D eigenvalue weighted by Crippen LogP contribution is 1.91. The highest BCUT2D eigenvalue weighted by atomic mass is 16.4.